The second kappa shape index (κ2) is 8.18. The number of nitrogens with one attached hydrogen (secondary N) is 2. The smallest absolute Gasteiger partial charge is 0.191 e. The van der Waals surface area contributed by atoms with E-state index < -0.39 is 0 Å². The Morgan fingerprint density at radius 2 is 1.86 bits per heavy atom. The molecular formula is C17H32IN3O. The van der Waals surface area contributed by atoms with Gasteiger partial charge in [0.25, 0.3) is 0 Å². The quantitative estimate of drug-likeness (QED) is 0.406. The number of ether oxygens (including phenoxy) is 1. The van der Waals surface area contributed by atoms with Crippen molar-refractivity contribution in [2.45, 2.75) is 83.4 Å². The molecule has 5 heteroatoms. The number of nitrogens with zero attached hydrogens (tertiary/aromatic N) is 1. The van der Waals surface area contributed by atoms with Crippen LogP contribution in [0.4, 0.5) is 0 Å². The number of halogens is 1. The van der Waals surface area contributed by atoms with Gasteiger partial charge in [-0.15, -0.1) is 24.0 Å². The Hall–Kier alpha value is -0.0400. The zero-order chi connectivity index (χ0) is 14.7. The van der Waals surface area contributed by atoms with Crippen molar-refractivity contribution in [2.24, 2.45) is 10.4 Å². The fourth-order valence-corrected chi connectivity index (χ4v) is 4.36. The van der Waals surface area contributed by atoms with Gasteiger partial charge in [0.05, 0.1) is 6.10 Å². The minimum atomic E-state index is 0. The fraction of sp³-hybridized carbons (Fsp3) is 0.941. The summed E-state index contributed by atoms with van der Waals surface area (Å²) in [4.78, 5) is 4.66. The molecule has 3 aliphatic carbocycles. The van der Waals surface area contributed by atoms with E-state index in [0.717, 1.165) is 25.5 Å². The molecule has 3 rings (SSSR count). The van der Waals surface area contributed by atoms with E-state index in [1.54, 1.807) is 0 Å². The average Bonchev–Trinajstić information content (AvgIpc) is 2.88. The van der Waals surface area contributed by atoms with Crippen LogP contribution in [0.5, 0.6) is 0 Å². The van der Waals surface area contributed by atoms with Crippen LogP contribution in [-0.4, -0.2) is 37.3 Å². The van der Waals surface area contributed by atoms with Crippen LogP contribution in [0, 0.1) is 5.41 Å². The summed E-state index contributed by atoms with van der Waals surface area (Å²) in [6.45, 7) is 5.91. The van der Waals surface area contributed by atoms with Crippen molar-refractivity contribution >= 4 is 29.9 Å². The van der Waals surface area contributed by atoms with Gasteiger partial charge in [0.15, 0.2) is 5.96 Å². The van der Waals surface area contributed by atoms with Gasteiger partial charge in [0, 0.05) is 30.7 Å². The molecule has 0 bridgehead atoms. The van der Waals surface area contributed by atoms with Crippen LogP contribution in [0.25, 0.3) is 0 Å². The molecule has 128 valence electrons. The highest BCUT2D eigenvalue weighted by atomic mass is 127. The Kier molecular flexibility index (Phi) is 6.80. The summed E-state index contributed by atoms with van der Waals surface area (Å²) in [5, 5.41) is 7.37. The zero-order valence-corrected chi connectivity index (χ0v) is 16.4. The molecule has 0 saturated heterocycles. The maximum absolute atomic E-state index is 5.94. The maximum atomic E-state index is 5.94. The molecule has 0 heterocycles. The third-order valence-corrected chi connectivity index (χ3v) is 5.76. The summed E-state index contributed by atoms with van der Waals surface area (Å²) >= 11 is 0. The summed E-state index contributed by atoms with van der Waals surface area (Å²) < 4.78 is 5.94. The van der Waals surface area contributed by atoms with Gasteiger partial charge in [0.2, 0.25) is 0 Å². The summed E-state index contributed by atoms with van der Waals surface area (Å²) in [6.07, 6.45) is 10.9. The Balaban J connectivity index is 0.00000176. The molecule has 0 aromatic rings. The Bertz CT molecular complexity index is 378. The van der Waals surface area contributed by atoms with Crippen LogP contribution in [0.15, 0.2) is 4.99 Å². The molecule has 22 heavy (non-hydrogen) atoms. The molecule has 3 aliphatic rings. The van der Waals surface area contributed by atoms with Crippen molar-refractivity contribution in [1.29, 1.82) is 0 Å². The van der Waals surface area contributed by atoms with Gasteiger partial charge < -0.3 is 15.4 Å². The molecule has 0 aromatic carbocycles. The lowest BCUT2D eigenvalue weighted by Crippen LogP contribution is -2.69. The standard InChI is InChI=1S/C17H31N3O.HI/c1-3-18-16(19-13-8-5-6-9-13)20-14-12-15(21-4-2)17(14)10-7-11-17;/h13-15H,3-12H2,1-2H3,(H2,18,19,20);1H. The van der Waals surface area contributed by atoms with Gasteiger partial charge in [-0.3, -0.25) is 4.99 Å². The second-order valence-electron chi connectivity index (χ2n) is 6.91. The normalized spacial score (nSPS) is 30.4. The summed E-state index contributed by atoms with van der Waals surface area (Å²) in [6, 6.07) is 1.19. The van der Waals surface area contributed by atoms with Crippen molar-refractivity contribution in [1.82, 2.24) is 10.6 Å². The molecule has 1 spiro atoms. The molecule has 2 unspecified atom stereocenters. The highest BCUT2D eigenvalue weighted by molar-refractivity contribution is 14.0. The van der Waals surface area contributed by atoms with Gasteiger partial charge in [0.1, 0.15) is 0 Å². The molecule has 2 N–H and O–H groups in total. The van der Waals surface area contributed by atoms with Crippen LogP contribution in [0.3, 0.4) is 0 Å². The Morgan fingerprint density at radius 3 is 2.41 bits per heavy atom. The van der Waals surface area contributed by atoms with Gasteiger partial charge >= 0.3 is 0 Å². The molecule has 4 nitrogen and oxygen atoms in total. The van der Waals surface area contributed by atoms with E-state index in [0.29, 0.717) is 23.6 Å². The van der Waals surface area contributed by atoms with Gasteiger partial charge in [-0.25, -0.2) is 0 Å². The van der Waals surface area contributed by atoms with Crippen molar-refractivity contribution in [3.63, 3.8) is 0 Å². The van der Waals surface area contributed by atoms with E-state index in [-0.39, 0.29) is 24.0 Å². The van der Waals surface area contributed by atoms with Gasteiger partial charge in [-0.1, -0.05) is 19.3 Å². The van der Waals surface area contributed by atoms with E-state index >= 15 is 0 Å². The highest BCUT2D eigenvalue weighted by Crippen LogP contribution is 2.57. The number of guanidine groups is 1. The Morgan fingerprint density at radius 1 is 1.14 bits per heavy atom. The predicted octanol–water partition coefficient (Wildman–Crippen LogP) is 3.45. The minimum absolute atomic E-state index is 0. The Labute approximate surface area is 152 Å². The minimum Gasteiger partial charge on any atom is -0.378 e. The molecule has 3 saturated carbocycles. The lowest BCUT2D eigenvalue weighted by molar-refractivity contribution is -0.168. The molecule has 0 aromatic heterocycles. The number of rotatable bonds is 5. The molecule has 0 amide bonds. The average molecular weight is 421 g/mol. The van der Waals surface area contributed by atoms with E-state index in [1.807, 2.05) is 0 Å². The van der Waals surface area contributed by atoms with Crippen LogP contribution in [-0.2, 0) is 4.74 Å². The van der Waals surface area contributed by atoms with Gasteiger partial charge in [-0.2, -0.15) is 0 Å². The van der Waals surface area contributed by atoms with Crippen molar-refractivity contribution < 1.29 is 4.74 Å². The van der Waals surface area contributed by atoms with Crippen LogP contribution in [0.2, 0.25) is 0 Å². The van der Waals surface area contributed by atoms with Crippen molar-refractivity contribution in [3.05, 3.63) is 0 Å². The predicted molar refractivity (Wildman–Crippen MR) is 102 cm³/mol. The van der Waals surface area contributed by atoms with E-state index in [2.05, 4.69) is 29.5 Å². The first kappa shape index (κ1) is 18.3. The topological polar surface area (TPSA) is 45.7 Å². The first-order chi connectivity index (χ1) is 10.3. The SMILES string of the molecule is CCN=C(NC1CCCC1)NC1CC(OCC)C12CCC2.I. The monoisotopic (exact) mass is 421 g/mol. The molecule has 3 fully saturated rings. The first-order valence-corrected chi connectivity index (χ1v) is 8.97. The fourth-order valence-electron chi connectivity index (χ4n) is 4.36. The summed E-state index contributed by atoms with van der Waals surface area (Å²) in [5.41, 5.74) is 0.405. The highest BCUT2D eigenvalue weighted by Gasteiger charge is 2.59. The largest absolute Gasteiger partial charge is 0.378 e. The molecule has 0 aliphatic heterocycles. The summed E-state index contributed by atoms with van der Waals surface area (Å²) in [7, 11) is 0. The number of hydrogen-bond donors (Lipinski definition) is 2. The van der Waals surface area contributed by atoms with E-state index in [1.165, 1.54) is 44.9 Å². The third kappa shape index (κ3) is 3.55. The maximum Gasteiger partial charge on any atom is 0.191 e. The third-order valence-electron chi connectivity index (χ3n) is 5.76. The van der Waals surface area contributed by atoms with Crippen molar-refractivity contribution in [2.75, 3.05) is 13.2 Å². The first-order valence-electron chi connectivity index (χ1n) is 8.97. The van der Waals surface area contributed by atoms with Crippen LogP contribution in [0.1, 0.15) is 65.2 Å². The lowest BCUT2D eigenvalue weighted by Gasteiger charge is -2.61. The van der Waals surface area contributed by atoms with Gasteiger partial charge in [-0.05, 0) is 46.0 Å². The zero-order valence-electron chi connectivity index (χ0n) is 14.1. The van der Waals surface area contributed by atoms with Crippen LogP contribution < -0.4 is 10.6 Å². The molecule has 2 atom stereocenters. The second-order valence-corrected chi connectivity index (χ2v) is 6.91. The molecule has 0 radical (unpaired) electrons. The van der Waals surface area contributed by atoms with E-state index in [4.69, 9.17) is 4.74 Å². The number of aliphatic imine (C=N–C) groups is 1. The lowest BCUT2D eigenvalue weighted by atomic mass is 9.51. The number of hydrogen-bond acceptors (Lipinski definition) is 2. The van der Waals surface area contributed by atoms with Crippen molar-refractivity contribution in [3.8, 4) is 0 Å². The van der Waals surface area contributed by atoms with Crippen LogP contribution >= 0.6 is 24.0 Å². The molecular weight excluding hydrogens is 389 g/mol. The van der Waals surface area contributed by atoms with E-state index in [9.17, 15) is 0 Å². The summed E-state index contributed by atoms with van der Waals surface area (Å²) in [5.74, 6) is 1.04.